The summed E-state index contributed by atoms with van der Waals surface area (Å²) in [5.41, 5.74) is -0.138. The van der Waals surface area contributed by atoms with Gasteiger partial charge in [-0.25, -0.2) is 19.2 Å². The molecule has 11 nitrogen and oxygen atoms in total. The number of hydrogen-bond donors (Lipinski definition) is 1. The van der Waals surface area contributed by atoms with E-state index < -0.39 is 70.9 Å². The quantitative estimate of drug-likeness (QED) is 0.0989. The first-order valence-corrected chi connectivity index (χ1v) is 11.9. The van der Waals surface area contributed by atoms with Crippen molar-refractivity contribution >= 4 is 64.6 Å². The van der Waals surface area contributed by atoms with Gasteiger partial charge in [-0.05, 0) is 27.7 Å². The Kier molecular flexibility index (Phi) is 12.0. The summed E-state index contributed by atoms with van der Waals surface area (Å²) in [7, 11) is 0. The lowest BCUT2D eigenvalue weighted by Gasteiger charge is -2.44. The first-order valence-electron chi connectivity index (χ1n) is 10.8. The van der Waals surface area contributed by atoms with Crippen LogP contribution in [-0.2, 0) is 47.6 Å². The molecule has 1 aliphatic rings. The van der Waals surface area contributed by atoms with Crippen molar-refractivity contribution in [3.8, 4) is 0 Å². The molecule has 0 spiro atoms. The van der Waals surface area contributed by atoms with E-state index in [9.17, 15) is 19.2 Å². The summed E-state index contributed by atoms with van der Waals surface area (Å²) in [6.45, 7) is 18.8. The van der Waals surface area contributed by atoms with Crippen LogP contribution in [-0.4, -0.2) is 70.9 Å². The van der Waals surface area contributed by atoms with Crippen LogP contribution in [0.4, 0.5) is 0 Å². The number of halogens is 3. The van der Waals surface area contributed by atoms with Gasteiger partial charge in [0.2, 0.25) is 18.3 Å². The number of carbonyl (C=O) groups is 4. The molecule has 0 aliphatic carbocycles. The Morgan fingerprint density at radius 3 is 1.50 bits per heavy atom. The summed E-state index contributed by atoms with van der Waals surface area (Å²) in [5.74, 6) is -4.68. The fraction of sp³-hybridized carbons (Fsp3) is 0.458. The van der Waals surface area contributed by atoms with Crippen molar-refractivity contribution in [1.82, 2.24) is 0 Å². The summed E-state index contributed by atoms with van der Waals surface area (Å²) in [6.07, 6.45) is -8.16. The van der Waals surface area contributed by atoms with Crippen LogP contribution in [0.1, 0.15) is 27.7 Å². The summed E-state index contributed by atoms with van der Waals surface area (Å²) in [5, 5.41) is 7.95. The molecule has 0 bridgehead atoms. The molecule has 1 fully saturated rings. The molecule has 0 unspecified atom stereocenters. The molecule has 0 aromatic carbocycles. The number of rotatable bonds is 10. The molecule has 210 valence electrons. The summed E-state index contributed by atoms with van der Waals surface area (Å²) >= 11 is 17.2. The van der Waals surface area contributed by atoms with E-state index in [0.29, 0.717) is 0 Å². The molecule has 1 heterocycles. The predicted octanol–water partition coefficient (Wildman–Crippen LogP) is 3.66. The number of carbonyl (C=O) groups excluding carboxylic acids is 4. The minimum atomic E-state index is -2.37. The third-order valence-electron chi connectivity index (χ3n) is 4.58. The first-order chi connectivity index (χ1) is 17.4. The van der Waals surface area contributed by atoms with Gasteiger partial charge in [-0.2, -0.15) is 0 Å². The van der Waals surface area contributed by atoms with Crippen molar-refractivity contribution in [3.63, 3.8) is 0 Å². The third-order valence-corrected chi connectivity index (χ3v) is 5.10. The Hall–Kier alpha value is -2.86. The smallest absolute Gasteiger partial charge is 0.333 e. The monoisotopic (exact) mass is 595 g/mol. The van der Waals surface area contributed by atoms with Crippen LogP contribution >= 0.6 is 34.8 Å². The molecule has 5 atom stereocenters. The van der Waals surface area contributed by atoms with Crippen LogP contribution in [0, 0.1) is 5.41 Å². The SMILES string of the molecule is C=C(C)C(=O)OC[C@H]1O[C@H](OC(=N)C(Cl)(Cl)Cl)[C@@H](OC(=O)C(=C)C)[C@@H](OC(=O)C(=C)C)[C@@H]1OC(=O)C(=C)C. The zero-order chi connectivity index (χ0) is 29.5. The molecule has 38 heavy (non-hydrogen) atoms. The number of nitrogens with one attached hydrogen (secondary N) is 1. The molecule has 0 aromatic rings. The molecule has 0 aromatic heterocycles. The van der Waals surface area contributed by atoms with Crippen molar-refractivity contribution in [2.75, 3.05) is 6.61 Å². The third kappa shape index (κ3) is 9.46. The van der Waals surface area contributed by atoms with E-state index in [4.69, 9.17) is 68.6 Å². The molecule has 1 N–H and O–H groups in total. The van der Waals surface area contributed by atoms with E-state index in [-0.39, 0.29) is 22.3 Å². The van der Waals surface area contributed by atoms with E-state index >= 15 is 0 Å². The fourth-order valence-corrected chi connectivity index (χ4v) is 2.78. The highest BCUT2D eigenvalue weighted by Gasteiger charge is 2.55. The van der Waals surface area contributed by atoms with Crippen molar-refractivity contribution in [2.24, 2.45) is 0 Å². The van der Waals surface area contributed by atoms with Crippen LogP contribution < -0.4 is 0 Å². The average Bonchev–Trinajstić information content (AvgIpc) is 2.79. The highest BCUT2D eigenvalue weighted by molar-refractivity contribution is 6.76. The zero-order valence-corrected chi connectivity index (χ0v) is 23.4. The topological polar surface area (TPSA) is 148 Å². The van der Waals surface area contributed by atoms with E-state index in [1.54, 1.807) is 0 Å². The van der Waals surface area contributed by atoms with Crippen molar-refractivity contribution in [3.05, 3.63) is 48.6 Å². The van der Waals surface area contributed by atoms with Crippen molar-refractivity contribution in [1.29, 1.82) is 5.41 Å². The Balaban J connectivity index is 3.68. The summed E-state index contributed by atoms with van der Waals surface area (Å²) in [6, 6.07) is 0. The van der Waals surface area contributed by atoms with Gasteiger partial charge in [-0.15, -0.1) is 0 Å². The normalized spacial score (nSPS) is 22.8. The van der Waals surface area contributed by atoms with E-state index in [1.165, 1.54) is 27.7 Å². The predicted molar refractivity (Wildman–Crippen MR) is 138 cm³/mol. The van der Waals surface area contributed by atoms with Gasteiger partial charge in [-0.3, -0.25) is 5.41 Å². The van der Waals surface area contributed by atoms with Crippen molar-refractivity contribution < 1.29 is 47.6 Å². The Bertz CT molecular complexity index is 1050. The van der Waals surface area contributed by atoms with Crippen LogP contribution in [0.15, 0.2) is 48.6 Å². The highest BCUT2D eigenvalue weighted by Crippen LogP contribution is 2.34. The maximum atomic E-state index is 12.6. The van der Waals surface area contributed by atoms with Gasteiger partial charge in [0.1, 0.15) is 12.7 Å². The largest absolute Gasteiger partial charge is 0.459 e. The number of esters is 4. The summed E-state index contributed by atoms with van der Waals surface area (Å²) < 4.78 is 30.2. The van der Waals surface area contributed by atoms with Gasteiger partial charge < -0.3 is 28.4 Å². The van der Waals surface area contributed by atoms with E-state index in [1.807, 2.05) is 0 Å². The van der Waals surface area contributed by atoms with Crippen LogP contribution in [0.2, 0.25) is 0 Å². The van der Waals surface area contributed by atoms with E-state index in [2.05, 4.69) is 26.3 Å². The lowest BCUT2D eigenvalue weighted by Crippen LogP contribution is -2.63. The molecule has 1 rings (SSSR count). The van der Waals surface area contributed by atoms with Crippen LogP contribution in [0.5, 0.6) is 0 Å². The Morgan fingerprint density at radius 1 is 0.711 bits per heavy atom. The molecular weight excluding hydrogens is 569 g/mol. The van der Waals surface area contributed by atoms with Gasteiger partial charge in [0, 0.05) is 22.3 Å². The second-order valence-corrected chi connectivity index (χ2v) is 10.6. The van der Waals surface area contributed by atoms with E-state index in [0.717, 1.165) is 0 Å². The standard InChI is InChI=1S/C24H28Cl3NO10/c1-10(2)18(29)33-9-14-15(35-19(30)11(3)4)16(36-20(31)12(5)6)17(37-21(32)13(7)8)22(34-14)38-23(28)24(25,26)27/h14-17,22,28H,1,3,5,7,9H2,2,4,6,8H3/t14-,15-,16+,17+,22-/m1/s1. The molecule has 14 heteroatoms. The van der Waals surface area contributed by atoms with Crippen molar-refractivity contribution in [2.45, 2.75) is 62.2 Å². The van der Waals surface area contributed by atoms with Gasteiger partial charge in [0.25, 0.3) is 3.79 Å². The van der Waals surface area contributed by atoms with Gasteiger partial charge >= 0.3 is 23.9 Å². The molecular formula is C24H28Cl3NO10. The fourth-order valence-electron chi connectivity index (χ4n) is 2.65. The molecule has 0 saturated carbocycles. The minimum Gasteiger partial charge on any atom is -0.459 e. The maximum absolute atomic E-state index is 12.6. The lowest BCUT2D eigenvalue weighted by atomic mass is 9.97. The second kappa shape index (κ2) is 13.8. The average molecular weight is 597 g/mol. The number of alkyl halides is 3. The Labute approximate surface area is 234 Å². The zero-order valence-electron chi connectivity index (χ0n) is 21.1. The number of ether oxygens (including phenoxy) is 6. The highest BCUT2D eigenvalue weighted by atomic mass is 35.6. The van der Waals surface area contributed by atoms with Gasteiger partial charge in [0.05, 0.1) is 0 Å². The molecule has 0 amide bonds. The molecule has 1 saturated heterocycles. The van der Waals surface area contributed by atoms with Crippen LogP contribution in [0.3, 0.4) is 0 Å². The second-order valence-electron chi connectivity index (χ2n) is 8.32. The van der Waals surface area contributed by atoms with Gasteiger partial charge in [0.15, 0.2) is 12.2 Å². The first kappa shape index (κ1) is 33.2. The number of hydrogen-bond acceptors (Lipinski definition) is 11. The van der Waals surface area contributed by atoms with Gasteiger partial charge in [-0.1, -0.05) is 61.1 Å². The molecule has 0 radical (unpaired) electrons. The van der Waals surface area contributed by atoms with Crippen LogP contribution in [0.25, 0.3) is 0 Å². The minimum absolute atomic E-state index is 0.0421. The molecule has 1 aliphatic heterocycles. The summed E-state index contributed by atoms with van der Waals surface area (Å²) in [4.78, 5) is 49.6. The maximum Gasteiger partial charge on any atom is 0.333 e. The lowest BCUT2D eigenvalue weighted by molar-refractivity contribution is -0.291. The Morgan fingerprint density at radius 2 is 1.11 bits per heavy atom.